The van der Waals surface area contributed by atoms with Crippen LogP contribution in [0.15, 0.2) is 41.9 Å². The zero-order chi connectivity index (χ0) is 17.4. The van der Waals surface area contributed by atoms with Crippen LogP contribution in [-0.2, 0) is 0 Å². The van der Waals surface area contributed by atoms with Crippen LogP contribution in [0.25, 0.3) is 10.9 Å². The van der Waals surface area contributed by atoms with Crippen LogP contribution in [0.4, 0.5) is 0 Å². The van der Waals surface area contributed by atoms with Crippen LogP contribution in [0.5, 0.6) is 0 Å². The Morgan fingerprint density at radius 2 is 2.16 bits per heavy atom. The average Bonchev–Trinajstić information content (AvgIpc) is 3.03. The highest BCUT2D eigenvalue weighted by molar-refractivity contribution is 7.09. The number of hydrogen-bond acceptors (Lipinski definition) is 5. The van der Waals surface area contributed by atoms with Gasteiger partial charge in [0.1, 0.15) is 5.69 Å². The lowest BCUT2D eigenvalue weighted by Gasteiger charge is -2.38. The van der Waals surface area contributed by atoms with E-state index >= 15 is 0 Å². The molecule has 6 heteroatoms. The molecule has 1 atom stereocenters. The van der Waals surface area contributed by atoms with Gasteiger partial charge in [0.25, 0.3) is 5.91 Å². The van der Waals surface area contributed by atoms with Gasteiger partial charge in [-0.1, -0.05) is 18.2 Å². The number of hydrogen-bond donors (Lipinski definition) is 2. The molecule has 1 aliphatic carbocycles. The molecule has 3 aromatic rings. The number of pyridine rings is 1. The molecule has 0 unspecified atom stereocenters. The fraction of sp³-hybridized carbons (Fsp3) is 0.316. The molecule has 128 valence electrons. The van der Waals surface area contributed by atoms with E-state index in [2.05, 4.69) is 21.4 Å². The normalized spacial score (nSPS) is 20.9. The lowest BCUT2D eigenvalue weighted by molar-refractivity contribution is 0.0234. The highest BCUT2D eigenvalue weighted by Crippen LogP contribution is 2.38. The minimum atomic E-state index is -0.278. The average molecular weight is 353 g/mol. The zero-order valence-electron chi connectivity index (χ0n) is 13.8. The number of amides is 1. The highest BCUT2D eigenvalue weighted by atomic mass is 32.1. The van der Waals surface area contributed by atoms with E-state index in [0.717, 1.165) is 21.5 Å². The van der Waals surface area contributed by atoms with Crippen molar-refractivity contribution in [2.75, 3.05) is 0 Å². The number of benzene rings is 1. The predicted molar refractivity (Wildman–Crippen MR) is 97.5 cm³/mol. The maximum atomic E-state index is 12.6. The number of aryl methyl sites for hydroxylation is 1. The molecule has 0 radical (unpaired) electrons. The molecule has 0 bridgehead atoms. The third kappa shape index (κ3) is 3.27. The van der Waals surface area contributed by atoms with Crippen LogP contribution >= 0.6 is 11.3 Å². The lowest BCUT2D eigenvalue weighted by Crippen LogP contribution is -2.41. The summed E-state index contributed by atoms with van der Waals surface area (Å²) in [5, 5.41) is 16.5. The summed E-state index contributed by atoms with van der Waals surface area (Å²) in [7, 11) is 0. The number of para-hydroxylation sites is 1. The predicted octanol–water partition coefficient (Wildman–Crippen LogP) is 3.24. The van der Waals surface area contributed by atoms with Crippen molar-refractivity contribution in [2.24, 2.45) is 5.92 Å². The summed E-state index contributed by atoms with van der Waals surface area (Å²) in [5.74, 6) is 0.0329. The fourth-order valence-corrected chi connectivity index (χ4v) is 3.91. The van der Waals surface area contributed by atoms with Gasteiger partial charge in [-0.25, -0.2) is 4.98 Å². The minimum absolute atomic E-state index is 0.171. The second kappa shape index (κ2) is 6.54. The maximum absolute atomic E-state index is 12.6. The summed E-state index contributed by atoms with van der Waals surface area (Å²) in [6.07, 6.45) is 2.92. The Balaban J connectivity index is 1.64. The number of nitrogens with one attached hydrogen (secondary N) is 1. The molecule has 25 heavy (non-hydrogen) atoms. The number of thiazole rings is 1. The van der Waals surface area contributed by atoms with Gasteiger partial charge < -0.3 is 10.4 Å². The first-order valence-electron chi connectivity index (χ1n) is 8.36. The summed E-state index contributed by atoms with van der Waals surface area (Å²) in [6.45, 7) is 1.88. The molecule has 0 spiro atoms. The molecule has 2 heterocycles. The van der Waals surface area contributed by atoms with Crippen LogP contribution in [0.2, 0.25) is 0 Å². The molecular formula is C19H19N3O2S. The van der Waals surface area contributed by atoms with Crippen molar-refractivity contribution in [1.82, 2.24) is 15.3 Å². The molecule has 1 aromatic carbocycles. The maximum Gasteiger partial charge on any atom is 0.271 e. The van der Waals surface area contributed by atoms with Crippen molar-refractivity contribution < 1.29 is 9.90 Å². The Morgan fingerprint density at radius 1 is 1.36 bits per heavy atom. The summed E-state index contributed by atoms with van der Waals surface area (Å²) in [6, 6.07) is 9.83. The first kappa shape index (κ1) is 16.2. The third-order valence-electron chi connectivity index (χ3n) is 4.73. The number of aromatic nitrogens is 2. The first-order valence-corrected chi connectivity index (χ1v) is 9.24. The Kier molecular flexibility index (Phi) is 4.23. The SMILES string of the molecule is Cc1nc(C(=O)N[C@H](c2cnc3ccccc3c2)C2CC(O)C2)cs1. The Bertz CT molecular complexity index is 918. The number of fused-ring (bicyclic) bond motifs is 1. The van der Waals surface area contributed by atoms with E-state index in [4.69, 9.17) is 0 Å². The standard InChI is InChI=1S/C19H19N3O2S/c1-11-21-17(10-25-11)19(24)22-18(13-7-15(23)8-13)14-6-12-4-2-3-5-16(12)20-9-14/h2-6,9-10,13,15,18,23H,7-8H2,1H3,(H,22,24)/t13?,15?,18-/m0/s1. The second-order valence-electron chi connectivity index (χ2n) is 6.55. The van der Waals surface area contributed by atoms with Crippen molar-refractivity contribution in [1.29, 1.82) is 0 Å². The molecule has 5 nitrogen and oxygen atoms in total. The van der Waals surface area contributed by atoms with E-state index in [9.17, 15) is 9.90 Å². The lowest BCUT2D eigenvalue weighted by atomic mass is 9.75. The highest BCUT2D eigenvalue weighted by Gasteiger charge is 2.36. The fourth-order valence-electron chi connectivity index (χ4n) is 3.32. The van der Waals surface area contributed by atoms with E-state index in [1.807, 2.05) is 37.4 Å². The van der Waals surface area contributed by atoms with Crippen molar-refractivity contribution in [2.45, 2.75) is 31.9 Å². The van der Waals surface area contributed by atoms with E-state index in [-0.39, 0.29) is 24.0 Å². The van der Waals surface area contributed by atoms with Gasteiger partial charge in [-0.3, -0.25) is 9.78 Å². The first-order chi connectivity index (χ1) is 12.1. The number of nitrogens with zero attached hydrogens (tertiary/aromatic N) is 2. The van der Waals surface area contributed by atoms with Gasteiger partial charge in [0.05, 0.1) is 22.7 Å². The van der Waals surface area contributed by atoms with Gasteiger partial charge in [0.2, 0.25) is 0 Å². The molecule has 1 aliphatic rings. The smallest absolute Gasteiger partial charge is 0.271 e. The van der Waals surface area contributed by atoms with E-state index in [1.54, 1.807) is 5.38 Å². The number of aliphatic hydroxyl groups excluding tert-OH is 1. The molecule has 2 N–H and O–H groups in total. The summed E-state index contributed by atoms with van der Waals surface area (Å²) in [5.41, 5.74) is 2.34. The largest absolute Gasteiger partial charge is 0.393 e. The van der Waals surface area contributed by atoms with Crippen molar-refractivity contribution >= 4 is 28.1 Å². The van der Waals surface area contributed by atoms with Crippen LogP contribution < -0.4 is 5.32 Å². The number of aliphatic hydroxyl groups is 1. The van der Waals surface area contributed by atoms with Crippen molar-refractivity contribution in [3.63, 3.8) is 0 Å². The molecule has 1 fully saturated rings. The summed E-state index contributed by atoms with van der Waals surface area (Å²) in [4.78, 5) is 21.4. The van der Waals surface area contributed by atoms with E-state index in [0.29, 0.717) is 18.5 Å². The van der Waals surface area contributed by atoms with Crippen LogP contribution in [0.1, 0.15) is 39.9 Å². The second-order valence-corrected chi connectivity index (χ2v) is 7.61. The van der Waals surface area contributed by atoms with E-state index < -0.39 is 0 Å². The molecule has 1 saturated carbocycles. The van der Waals surface area contributed by atoms with Gasteiger partial charge in [-0.2, -0.15) is 0 Å². The van der Waals surface area contributed by atoms with Gasteiger partial charge in [-0.15, -0.1) is 11.3 Å². The van der Waals surface area contributed by atoms with Crippen molar-refractivity contribution in [3.05, 3.63) is 58.2 Å². The van der Waals surface area contributed by atoms with Crippen molar-refractivity contribution in [3.8, 4) is 0 Å². The molecule has 1 amide bonds. The molecule has 0 saturated heterocycles. The van der Waals surface area contributed by atoms with Gasteiger partial charge in [0, 0.05) is 17.0 Å². The van der Waals surface area contributed by atoms with Crippen LogP contribution in [-0.4, -0.2) is 27.1 Å². The van der Waals surface area contributed by atoms with Gasteiger partial charge in [-0.05, 0) is 43.4 Å². The number of carbonyl (C=O) groups is 1. The Morgan fingerprint density at radius 3 is 2.88 bits per heavy atom. The zero-order valence-corrected chi connectivity index (χ0v) is 14.7. The third-order valence-corrected chi connectivity index (χ3v) is 5.50. The quantitative estimate of drug-likeness (QED) is 0.755. The summed E-state index contributed by atoms with van der Waals surface area (Å²) < 4.78 is 0. The topological polar surface area (TPSA) is 75.1 Å². The monoisotopic (exact) mass is 353 g/mol. The van der Waals surface area contributed by atoms with E-state index in [1.165, 1.54) is 11.3 Å². The molecule has 0 aliphatic heterocycles. The minimum Gasteiger partial charge on any atom is -0.393 e. The van der Waals surface area contributed by atoms with Crippen LogP contribution in [0.3, 0.4) is 0 Å². The van der Waals surface area contributed by atoms with Gasteiger partial charge in [0.15, 0.2) is 0 Å². The molecular weight excluding hydrogens is 334 g/mol. The summed E-state index contributed by atoms with van der Waals surface area (Å²) >= 11 is 1.46. The number of rotatable bonds is 4. The van der Waals surface area contributed by atoms with Crippen LogP contribution in [0, 0.1) is 12.8 Å². The Labute approximate surface area is 149 Å². The number of carbonyl (C=O) groups excluding carboxylic acids is 1. The Hall–Kier alpha value is -2.31. The molecule has 4 rings (SSSR count). The molecule has 2 aromatic heterocycles. The van der Waals surface area contributed by atoms with Gasteiger partial charge >= 0.3 is 0 Å².